The summed E-state index contributed by atoms with van der Waals surface area (Å²) in [6, 6.07) is 0. The Balaban J connectivity index is 3.11. The van der Waals surface area contributed by atoms with Gasteiger partial charge in [0.15, 0.2) is 10.7 Å². The summed E-state index contributed by atoms with van der Waals surface area (Å²) in [4.78, 5) is 9.86. The first kappa shape index (κ1) is 13.1. The highest BCUT2D eigenvalue weighted by Gasteiger charge is 2.28. The standard InChI is InChI=1S/C8H9FO5S2/c1-2-3-14-8(10)6-7(16(11,12)13)5(9)4-15-6/h4H,2-3H2,1H3,(H,11,12,13). The molecule has 0 aromatic carbocycles. The van der Waals surface area contributed by atoms with Gasteiger partial charge in [-0.3, -0.25) is 4.55 Å². The van der Waals surface area contributed by atoms with E-state index in [4.69, 9.17) is 4.55 Å². The topological polar surface area (TPSA) is 80.7 Å². The predicted octanol–water partition coefficient (Wildman–Crippen LogP) is 1.70. The van der Waals surface area contributed by atoms with Gasteiger partial charge in [-0.25, -0.2) is 9.18 Å². The van der Waals surface area contributed by atoms with Crippen molar-refractivity contribution in [3.63, 3.8) is 0 Å². The molecular weight excluding hydrogens is 259 g/mol. The Labute approximate surface area is 95.6 Å². The molecule has 0 unspecified atom stereocenters. The summed E-state index contributed by atoms with van der Waals surface area (Å²) in [5, 5.41) is 0.825. The van der Waals surface area contributed by atoms with Crippen molar-refractivity contribution in [2.24, 2.45) is 0 Å². The lowest BCUT2D eigenvalue weighted by molar-refractivity contribution is 0.0505. The fourth-order valence-electron chi connectivity index (χ4n) is 0.968. The summed E-state index contributed by atoms with van der Waals surface area (Å²) in [6.45, 7) is 1.86. The average Bonchev–Trinajstić information content (AvgIpc) is 2.56. The van der Waals surface area contributed by atoms with Crippen LogP contribution in [0.15, 0.2) is 10.3 Å². The van der Waals surface area contributed by atoms with E-state index in [0.29, 0.717) is 17.8 Å². The van der Waals surface area contributed by atoms with Crippen LogP contribution in [0.4, 0.5) is 4.39 Å². The van der Waals surface area contributed by atoms with Crippen molar-refractivity contribution in [1.29, 1.82) is 0 Å². The van der Waals surface area contributed by atoms with E-state index < -0.39 is 31.7 Å². The minimum absolute atomic E-state index is 0.100. The fraction of sp³-hybridized carbons (Fsp3) is 0.375. The van der Waals surface area contributed by atoms with Gasteiger partial charge in [0.2, 0.25) is 0 Å². The van der Waals surface area contributed by atoms with Crippen LogP contribution in [0.1, 0.15) is 23.0 Å². The number of rotatable bonds is 4. The van der Waals surface area contributed by atoms with Gasteiger partial charge >= 0.3 is 5.97 Å². The summed E-state index contributed by atoms with van der Waals surface area (Å²) in [7, 11) is -4.76. The van der Waals surface area contributed by atoms with Crippen molar-refractivity contribution in [3.8, 4) is 0 Å². The Morgan fingerprint density at radius 3 is 2.75 bits per heavy atom. The van der Waals surface area contributed by atoms with E-state index in [0.717, 1.165) is 5.38 Å². The molecule has 0 aliphatic rings. The summed E-state index contributed by atoms with van der Waals surface area (Å²) in [6.07, 6.45) is 0.556. The largest absolute Gasteiger partial charge is 0.461 e. The quantitative estimate of drug-likeness (QED) is 0.664. The van der Waals surface area contributed by atoms with Crippen LogP contribution in [0.5, 0.6) is 0 Å². The second kappa shape index (κ2) is 4.89. The second-order valence-corrected chi connectivity index (χ2v) is 5.09. The van der Waals surface area contributed by atoms with Gasteiger partial charge in [-0.2, -0.15) is 8.42 Å². The molecule has 0 aliphatic carbocycles. The molecule has 1 heterocycles. The highest BCUT2D eigenvalue weighted by Crippen LogP contribution is 2.26. The van der Waals surface area contributed by atoms with Crippen molar-refractivity contribution in [3.05, 3.63) is 16.1 Å². The third-order valence-corrected chi connectivity index (χ3v) is 3.56. The molecule has 16 heavy (non-hydrogen) atoms. The molecule has 0 aliphatic heterocycles. The zero-order valence-electron chi connectivity index (χ0n) is 8.27. The molecule has 8 heteroatoms. The summed E-state index contributed by atoms with van der Waals surface area (Å²) >= 11 is 0.573. The first-order chi connectivity index (χ1) is 7.38. The Hall–Kier alpha value is -0.990. The van der Waals surface area contributed by atoms with Crippen LogP contribution in [0, 0.1) is 5.82 Å². The monoisotopic (exact) mass is 268 g/mol. The third-order valence-electron chi connectivity index (χ3n) is 1.58. The molecule has 0 saturated carbocycles. The molecule has 1 rings (SSSR count). The number of ether oxygens (including phenoxy) is 1. The molecule has 1 N–H and O–H groups in total. The molecule has 0 radical (unpaired) electrons. The zero-order chi connectivity index (χ0) is 12.3. The van der Waals surface area contributed by atoms with Crippen molar-refractivity contribution < 1.29 is 26.9 Å². The fourth-order valence-corrected chi connectivity index (χ4v) is 2.82. The number of hydrogen-bond acceptors (Lipinski definition) is 5. The smallest absolute Gasteiger partial charge is 0.349 e. The van der Waals surface area contributed by atoms with Gasteiger partial charge in [-0.1, -0.05) is 6.92 Å². The first-order valence-electron chi connectivity index (χ1n) is 4.29. The van der Waals surface area contributed by atoms with Gasteiger partial charge in [0, 0.05) is 5.38 Å². The van der Waals surface area contributed by atoms with E-state index >= 15 is 0 Å². The number of esters is 1. The lowest BCUT2D eigenvalue weighted by Crippen LogP contribution is -2.10. The lowest BCUT2D eigenvalue weighted by Gasteiger charge is -2.02. The molecule has 0 spiro atoms. The highest BCUT2D eigenvalue weighted by molar-refractivity contribution is 7.86. The number of carbonyl (C=O) groups excluding carboxylic acids is 1. The van der Waals surface area contributed by atoms with Crippen LogP contribution in [0.2, 0.25) is 0 Å². The molecule has 0 amide bonds. The minimum Gasteiger partial charge on any atom is -0.461 e. The summed E-state index contributed by atoms with van der Waals surface area (Å²) in [5.41, 5.74) is 0. The number of carbonyl (C=O) groups is 1. The zero-order valence-corrected chi connectivity index (χ0v) is 9.90. The van der Waals surface area contributed by atoms with Gasteiger partial charge in [0.1, 0.15) is 4.88 Å². The van der Waals surface area contributed by atoms with Crippen LogP contribution in [-0.2, 0) is 14.9 Å². The van der Waals surface area contributed by atoms with Crippen LogP contribution < -0.4 is 0 Å². The molecule has 1 aromatic heterocycles. The third kappa shape index (κ3) is 2.77. The number of thiophene rings is 1. The van der Waals surface area contributed by atoms with E-state index in [1.54, 1.807) is 6.92 Å². The van der Waals surface area contributed by atoms with Crippen LogP contribution in [0.3, 0.4) is 0 Å². The average molecular weight is 268 g/mol. The van der Waals surface area contributed by atoms with Gasteiger partial charge in [0.05, 0.1) is 6.61 Å². The summed E-state index contributed by atoms with van der Waals surface area (Å²) in [5.74, 6) is -2.11. The molecule has 5 nitrogen and oxygen atoms in total. The second-order valence-electron chi connectivity index (χ2n) is 2.85. The molecular formula is C8H9FO5S2. The SMILES string of the molecule is CCCOC(=O)c1scc(F)c1S(=O)(=O)O. The molecule has 0 fully saturated rings. The molecule has 0 atom stereocenters. The van der Waals surface area contributed by atoms with E-state index in [-0.39, 0.29) is 6.61 Å². The lowest BCUT2D eigenvalue weighted by atomic mass is 10.4. The number of halogens is 1. The van der Waals surface area contributed by atoms with E-state index in [9.17, 15) is 17.6 Å². The van der Waals surface area contributed by atoms with Gasteiger partial charge in [-0.15, -0.1) is 11.3 Å². The predicted molar refractivity (Wildman–Crippen MR) is 54.7 cm³/mol. The first-order valence-corrected chi connectivity index (χ1v) is 6.61. The van der Waals surface area contributed by atoms with E-state index in [1.165, 1.54) is 0 Å². The Kier molecular flexibility index (Phi) is 4.00. The number of hydrogen-bond donors (Lipinski definition) is 1. The Morgan fingerprint density at radius 2 is 2.25 bits per heavy atom. The molecule has 0 saturated heterocycles. The maximum absolute atomic E-state index is 13.1. The van der Waals surface area contributed by atoms with Gasteiger partial charge < -0.3 is 4.74 Å². The minimum atomic E-state index is -4.76. The maximum atomic E-state index is 13.1. The van der Waals surface area contributed by atoms with Crippen molar-refractivity contribution in [1.82, 2.24) is 0 Å². The molecule has 0 bridgehead atoms. The van der Waals surface area contributed by atoms with Crippen LogP contribution in [0.25, 0.3) is 0 Å². The Bertz CT molecular complexity index is 491. The van der Waals surface area contributed by atoms with Crippen molar-refractivity contribution in [2.45, 2.75) is 18.2 Å². The highest BCUT2D eigenvalue weighted by atomic mass is 32.2. The van der Waals surface area contributed by atoms with Gasteiger partial charge in [0.25, 0.3) is 10.1 Å². The molecule has 90 valence electrons. The normalized spacial score (nSPS) is 11.4. The molecule has 1 aromatic rings. The van der Waals surface area contributed by atoms with Crippen LogP contribution >= 0.6 is 11.3 Å². The van der Waals surface area contributed by atoms with Crippen molar-refractivity contribution >= 4 is 27.4 Å². The summed E-state index contributed by atoms with van der Waals surface area (Å²) < 4.78 is 48.1. The van der Waals surface area contributed by atoms with Crippen molar-refractivity contribution in [2.75, 3.05) is 6.61 Å². The van der Waals surface area contributed by atoms with E-state index in [2.05, 4.69) is 4.74 Å². The van der Waals surface area contributed by atoms with E-state index in [1.807, 2.05) is 0 Å². The van der Waals surface area contributed by atoms with Gasteiger partial charge in [-0.05, 0) is 6.42 Å². The Morgan fingerprint density at radius 1 is 1.62 bits per heavy atom. The van der Waals surface area contributed by atoms with Crippen LogP contribution in [-0.4, -0.2) is 25.5 Å². The maximum Gasteiger partial charge on any atom is 0.349 e.